The van der Waals surface area contributed by atoms with Gasteiger partial charge >= 0.3 is 0 Å². The lowest BCUT2D eigenvalue weighted by Crippen LogP contribution is -2.64. The molecule has 2 aliphatic carbocycles. The van der Waals surface area contributed by atoms with Gasteiger partial charge in [-0.1, -0.05) is 171 Å². The number of hydrogen-bond acceptors (Lipinski definition) is 2. The number of fused-ring (bicyclic) bond motifs is 13. The van der Waals surface area contributed by atoms with Crippen LogP contribution in [0, 0.1) is 0 Å². The van der Waals surface area contributed by atoms with Gasteiger partial charge in [-0.2, -0.15) is 0 Å². The molecule has 0 bridgehead atoms. The highest BCUT2D eigenvalue weighted by Crippen LogP contribution is 2.66. The van der Waals surface area contributed by atoms with Crippen molar-refractivity contribution in [2.45, 2.75) is 146 Å². The molecule has 0 saturated heterocycles. The zero-order valence-corrected chi connectivity index (χ0v) is 42.4. The molecule has 1 aromatic heterocycles. The molecule has 14 rings (SSSR count). The zero-order chi connectivity index (χ0) is 47.2. The first-order valence-corrected chi connectivity index (χ1v) is 26.4. The first-order valence-electron chi connectivity index (χ1n) is 26.4. The highest BCUT2D eigenvalue weighted by Gasteiger charge is 2.64. The molecular weight excluding hydrogens is 834 g/mol. The summed E-state index contributed by atoms with van der Waals surface area (Å²) in [6.45, 7) is 22.3. The predicted molar refractivity (Wildman–Crippen MR) is 294 cm³/mol. The molecule has 0 N–H and O–H groups in total. The van der Waals surface area contributed by atoms with Gasteiger partial charge in [0.25, 0.3) is 6.71 Å². The Morgan fingerprint density at radius 3 is 1.90 bits per heavy atom. The highest BCUT2D eigenvalue weighted by atomic mass is 15.3. The Morgan fingerprint density at radius 2 is 1.14 bits per heavy atom. The van der Waals surface area contributed by atoms with Crippen LogP contribution >= 0.6 is 0 Å². The molecule has 2 saturated carbocycles. The molecule has 3 nitrogen and oxygen atoms in total. The second-order valence-corrected chi connectivity index (χ2v) is 24.9. The summed E-state index contributed by atoms with van der Waals surface area (Å²) in [4.78, 5) is 5.83. The summed E-state index contributed by atoms with van der Waals surface area (Å²) in [5, 5.41) is 2.75. The largest absolute Gasteiger partial charge is 0.335 e. The van der Waals surface area contributed by atoms with Gasteiger partial charge in [0.1, 0.15) is 0 Å². The van der Waals surface area contributed by atoms with Crippen molar-refractivity contribution in [3.8, 4) is 16.8 Å². The van der Waals surface area contributed by atoms with Crippen LogP contribution in [0.1, 0.15) is 141 Å². The average molecular weight is 900 g/mol. The first-order chi connectivity index (χ1) is 33.1. The van der Waals surface area contributed by atoms with Crippen molar-refractivity contribution < 1.29 is 0 Å². The Kier molecular flexibility index (Phi) is 8.30. The van der Waals surface area contributed by atoms with E-state index < -0.39 is 0 Å². The first kappa shape index (κ1) is 41.9. The van der Waals surface area contributed by atoms with Crippen LogP contribution in [0.25, 0.3) is 38.6 Å². The van der Waals surface area contributed by atoms with Gasteiger partial charge in [-0.3, -0.25) is 0 Å². The standard InChI is InChI=1S/C65H66BN3/c1-60(2,3)44-28-29-53-47(36-44)48-37-45(61(4,5)6)38-52-58(48)67(53)55-39-46(68-54-27-17-16-26-49(54)65(43-24-14-11-15-25-43)33-21-20-32-64(65,68)9)40-56-57(55)66(52)51-35-42(41-22-12-10-13-23-41)34-50-59(51)69(56)63(8)31-19-18-30-62(50,63)7/h10-17,22-29,34-40H,18-21,30-33H2,1-9H3. The number of para-hydroxylation sites is 1. The minimum absolute atomic E-state index is 0.0174. The number of benzene rings is 7. The van der Waals surface area contributed by atoms with Crippen molar-refractivity contribution in [3.63, 3.8) is 0 Å². The molecule has 0 radical (unpaired) electrons. The average Bonchev–Trinajstić information content (AvgIpc) is 3.88. The maximum absolute atomic E-state index is 2.96. The monoisotopic (exact) mass is 900 g/mol. The molecule has 0 amide bonds. The van der Waals surface area contributed by atoms with Gasteiger partial charge in [0.2, 0.25) is 0 Å². The predicted octanol–water partition coefficient (Wildman–Crippen LogP) is 14.7. The second kappa shape index (κ2) is 13.7. The third-order valence-corrected chi connectivity index (χ3v) is 19.5. The van der Waals surface area contributed by atoms with Gasteiger partial charge in [-0.15, -0.1) is 0 Å². The van der Waals surface area contributed by atoms with Gasteiger partial charge in [-0.25, -0.2) is 0 Å². The minimum atomic E-state index is -0.183. The Labute approximate surface area is 410 Å². The summed E-state index contributed by atoms with van der Waals surface area (Å²) >= 11 is 0. The van der Waals surface area contributed by atoms with Crippen molar-refractivity contribution in [1.82, 2.24) is 4.57 Å². The van der Waals surface area contributed by atoms with E-state index in [2.05, 4.69) is 216 Å². The molecule has 4 atom stereocenters. The van der Waals surface area contributed by atoms with E-state index in [1.165, 1.54) is 139 Å². The molecular formula is C65H66BN3. The molecule has 69 heavy (non-hydrogen) atoms. The summed E-state index contributed by atoms with van der Waals surface area (Å²) in [6.07, 6.45) is 9.60. The molecule has 0 spiro atoms. The molecule has 344 valence electrons. The van der Waals surface area contributed by atoms with Crippen LogP contribution in [0.5, 0.6) is 0 Å². The van der Waals surface area contributed by atoms with Crippen LogP contribution in [0.2, 0.25) is 0 Å². The van der Waals surface area contributed by atoms with E-state index in [1.54, 1.807) is 5.56 Å². The van der Waals surface area contributed by atoms with Crippen LogP contribution in [-0.2, 0) is 21.7 Å². The summed E-state index contributed by atoms with van der Waals surface area (Å²) in [5.74, 6) is 0. The molecule has 6 aliphatic rings. The smallest absolute Gasteiger partial charge is 0.252 e. The molecule has 4 heteroatoms. The van der Waals surface area contributed by atoms with Crippen LogP contribution in [0.4, 0.5) is 22.7 Å². The molecule has 8 aromatic rings. The highest BCUT2D eigenvalue weighted by molar-refractivity contribution is 7.00. The van der Waals surface area contributed by atoms with E-state index in [9.17, 15) is 0 Å². The Hall–Kier alpha value is -6.00. The van der Waals surface area contributed by atoms with Crippen LogP contribution in [-0.4, -0.2) is 22.4 Å². The second-order valence-electron chi connectivity index (χ2n) is 24.9. The van der Waals surface area contributed by atoms with E-state index in [-0.39, 0.29) is 39.5 Å². The lowest BCUT2D eigenvalue weighted by atomic mass is 9.33. The van der Waals surface area contributed by atoms with Crippen molar-refractivity contribution in [2.24, 2.45) is 0 Å². The number of nitrogens with zero attached hydrogens (tertiary/aromatic N) is 3. The SMILES string of the molecule is CC(C)(C)c1ccc2c(c1)c1cc(C(C)(C)C)cc3c1n2-c1cc(N2c4ccccc4C4(c5ccccc5)CCCCC24C)cc2c1B3c1cc(-c3ccccc3)cc3c1N2C1(C)CCCCC31C. The Morgan fingerprint density at radius 1 is 0.493 bits per heavy atom. The van der Waals surface area contributed by atoms with Gasteiger partial charge < -0.3 is 14.4 Å². The number of aromatic nitrogens is 1. The van der Waals surface area contributed by atoms with Crippen molar-refractivity contribution in [2.75, 3.05) is 9.80 Å². The van der Waals surface area contributed by atoms with Crippen molar-refractivity contribution in [3.05, 3.63) is 167 Å². The fourth-order valence-electron chi connectivity index (χ4n) is 15.8. The van der Waals surface area contributed by atoms with Gasteiger partial charge in [0.05, 0.1) is 16.6 Å². The van der Waals surface area contributed by atoms with E-state index in [1.807, 2.05) is 0 Å². The summed E-state index contributed by atoms with van der Waals surface area (Å²) in [5.41, 5.74) is 23.5. The number of anilines is 4. The summed E-state index contributed by atoms with van der Waals surface area (Å²) in [6, 6.07) is 55.7. The quantitative estimate of drug-likeness (QED) is 0.164. The molecule has 4 aliphatic heterocycles. The van der Waals surface area contributed by atoms with E-state index in [0.717, 1.165) is 12.8 Å². The van der Waals surface area contributed by atoms with Crippen molar-refractivity contribution >= 4 is 67.7 Å². The van der Waals surface area contributed by atoms with E-state index >= 15 is 0 Å². The van der Waals surface area contributed by atoms with Gasteiger partial charge in [-0.05, 0) is 148 Å². The van der Waals surface area contributed by atoms with E-state index in [4.69, 9.17) is 0 Å². The zero-order valence-electron chi connectivity index (χ0n) is 42.4. The third-order valence-electron chi connectivity index (χ3n) is 19.5. The normalized spacial score (nSPS) is 25.1. The fourth-order valence-corrected chi connectivity index (χ4v) is 15.8. The van der Waals surface area contributed by atoms with Gasteiger partial charge in [0, 0.05) is 55.6 Å². The minimum Gasteiger partial charge on any atom is -0.335 e. The molecule has 7 aromatic carbocycles. The maximum Gasteiger partial charge on any atom is 0.252 e. The Bertz CT molecular complexity index is 3500. The maximum atomic E-state index is 2.96. The number of rotatable bonds is 3. The summed E-state index contributed by atoms with van der Waals surface area (Å²) in [7, 11) is 0. The fraction of sp³-hybridized carbons (Fsp3) is 0.354. The van der Waals surface area contributed by atoms with Crippen LogP contribution < -0.4 is 26.2 Å². The lowest BCUT2D eigenvalue weighted by Gasteiger charge is -2.54. The van der Waals surface area contributed by atoms with Crippen LogP contribution in [0.3, 0.4) is 0 Å². The Balaban J connectivity index is 1.15. The lowest BCUT2D eigenvalue weighted by molar-refractivity contribution is 0.195. The molecule has 2 fully saturated rings. The van der Waals surface area contributed by atoms with Gasteiger partial charge in [0.15, 0.2) is 0 Å². The third kappa shape index (κ3) is 5.16. The summed E-state index contributed by atoms with van der Waals surface area (Å²) < 4.78 is 2.75. The topological polar surface area (TPSA) is 11.4 Å². The number of hydrogen-bond donors (Lipinski definition) is 0. The molecule has 4 unspecified atom stereocenters. The van der Waals surface area contributed by atoms with E-state index in [0.29, 0.717) is 0 Å². The molecule has 5 heterocycles. The van der Waals surface area contributed by atoms with Crippen molar-refractivity contribution in [1.29, 1.82) is 0 Å². The van der Waals surface area contributed by atoms with Crippen LogP contribution in [0.15, 0.2) is 140 Å².